The minimum atomic E-state index is -0.984. The molecule has 98 valence electrons. The maximum absolute atomic E-state index is 2.69. The lowest BCUT2D eigenvalue weighted by Gasteiger charge is -2.57. The molecular weight excluding hydrogens is 256 g/mol. The lowest BCUT2D eigenvalue weighted by Crippen LogP contribution is -2.82. The number of hydrogen-bond donors (Lipinski definition) is 0. The maximum atomic E-state index is 2.69. The molecule has 0 spiro atoms. The lowest BCUT2D eigenvalue weighted by atomic mass is 10.6. The Morgan fingerprint density at radius 2 is 0.812 bits per heavy atom. The molecule has 0 aromatic heterocycles. The molecular formula is C12H34Si4. The maximum Gasteiger partial charge on any atom is 0.0374 e. The topological polar surface area (TPSA) is 0 Å². The van der Waals surface area contributed by atoms with E-state index in [1.807, 2.05) is 0 Å². The van der Waals surface area contributed by atoms with Crippen LogP contribution in [0.5, 0.6) is 0 Å². The van der Waals surface area contributed by atoms with Crippen LogP contribution >= 0.6 is 0 Å². The fraction of sp³-hybridized carbons (Fsp3) is 1.00. The largest absolute Gasteiger partial charge is 0.0718 e. The normalized spacial score (nSPS) is 15.4. The Morgan fingerprint density at radius 1 is 0.562 bits per heavy atom. The second-order valence-electron chi connectivity index (χ2n) is 8.41. The van der Waals surface area contributed by atoms with E-state index in [2.05, 4.69) is 65.8 Å². The van der Waals surface area contributed by atoms with Gasteiger partial charge in [-0.15, -0.1) is 0 Å². The van der Waals surface area contributed by atoms with Gasteiger partial charge in [-0.3, -0.25) is 0 Å². The highest BCUT2D eigenvalue weighted by Crippen LogP contribution is 2.40. The van der Waals surface area contributed by atoms with Crippen molar-refractivity contribution in [3.63, 3.8) is 0 Å². The van der Waals surface area contributed by atoms with E-state index in [9.17, 15) is 0 Å². The lowest BCUT2D eigenvalue weighted by molar-refractivity contribution is 1.07. The van der Waals surface area contributed by atoms with Crippen LogP contribution in [0.4, 0.5) is 0 Å². The summed E-state index contributed by atoms with van der Waals surface area (Å²) in [6.07, 6.45) is 1.44. The van der Waals surface area contributed by atoms with E-state index in [1.165, 1.54) is 6.42 Å². The highest BCUT2D eigenvalue weighted by atomic mass is 29.9. The molecule has 16 heavy (non-hydrogen) atoms. The fourth-order valence-corrected chi connectivity index (χ4v) is 105. The SMILES string of the molecule is CCC[Si]([Si](C)(C)C)([Si](C)(C)C)[Si](C)(C)C. The smallest absolute Gasteiger partial charge is 0.0374 e. The summed E-state index contributed by atoms with van der Waals surface area (Å²) in [7, 11) is -2.90. The molecule has 0 saturated carbocycles. The van der Waals surface area contributed by atoms with Gasteiger partial charge >= 0.3 is 0 Å². The van der Waals surface area contributed by atoms with Gasteiger partial charge in [0, 0.05) is 29.4 Å². The summed E-state index contributed by atoms with van der Waals surface area (Å²) in [5.41, 5.74) is 0. The van der Waals surface area contributed by atoms with Crippen LogP contribution in [0, 0.1) is 0 Å². The van der Waals surface area contributed by atoms with Crippen molar-refractivity contribution in [2.24, 2.45) is 0 Å². The second-order valence-corrected chi connectivity index (χ2v) is 49.9. The van der Waals surface area contributed by atoms with Crippen LogP contribution in [0.1, 0.15) is 13.3 Å². The van der Waals surface area contributed by atoms with Crippen LogP contribution in [0.2, 0.25) is 65.0 Å². The Balaban J connectivity index is 5.82. The zero-order valence-electron chi connectivity index (χ0n) is 13.4. The van der Waals surface area contributed by atoms with Crippen molar-refractivity contribution in [2.75, 3.05) is 0 Å². The highest BCUT2D eigenvalue weighted by molar-refractivity contribution is 7.89. The predicted octanol–water partition coefficient (Wildman–Crippen LogP) is 5.10. The van der Waals surface area contributed by atoms with Crippen LogP contribution in [-0.2, 0) is 0 Å². The molecule has 0 rings (SSSR count). The second kappa shape index (κ2) is 4.86. The number of rotatable bonds is 5. The summed E-state index contributed by atoms with van der Waals surface area (Å²) in [4.78, 5) is 0. The molecule has 0 aliphatic rings. The van der Waals surface area contributed by atoms with E-state index in [0.717, 1.165) is 0 Å². The van der Waals surface area contributed by atoms with Gasteiger partial charge in [-0.25, -0.2) is 0 Å². The van der Waals surface area contributed by atoms with Gasteiger partial charge in [-0.1, -0.05) is 78.3 Å². The average molecular weight is 291 g/mol. The van der Waals surface area contributed by atoms with Crippen molar-refractivity contribution < 1.29 is 0 Å². The van der Waals surface area contributed by atoms with Crippen LogP contribution in [0.15, 0.2) is 0 Å². The molecule has 0 aliphatic heterocycles. The average Bonchev–Trinajstić information content (AvgIpc) is 1.91. The minimum absolute atomic E-state index is 0.966. The Bertz CT molecular complexity index is 191. The van der Waals surface area contributed by atoms with Crippen LogP contribution in [0.3, 0.4) is 0 Å². The zero-order chi connectivity index (χ0) is 13.4. The molecule has 0 N–H and O–H groups in total. The van der Waals surface area contributed by atoms with E-state index in [-0.39, 0.29) is 0 Å². The molecule has 0 nitrogen and oxygen atoms in total. The molecule has 0 fully saturated rings. The van der Waals surface area contributed by atoms with Gasteiger partial charge in [-0.05, 0) is 0 Å². The Morgan fingerprint density at radius 3 is 0.875 bits per heavy atom. The van der Waals surface area contributed by atoms with Gasteiger partial charge in [-0.2, -0.15) is 0 Å². The molecule has 0 radical (unpaired) electrons. The third kappa shape index (κ3) is 2.82. The molecule has 0 aromatic carbocycles. The summed E-state index contributed by atoms with van der Waals surface area (Å²) in [5, 5.41) is 0. The van der Waals surface area contributed by atoms with Gasteiger partial charge in [0.25, 0.3) is 0 Å². The van der Waals surface area contributed by atoms with Crippen molar-refractivity contribution >= 4 is 29.4 Å². The first-order valence-corrected chi connectivity index (χ1v) is 22.5. The number of hydrogen-bond acceptors (Lipinski definition) is 0. The van der Waals surface area contributed by atoms with E-state index in [0.29, 0.717) is 0 Å². The molecule has 0 amide bonds. The molecule has 0 unspecified atom stereocenters. The monoisotopic (exact) mass is 290 g/mol. The minimum Gasteiger partial charge on any atom is -0.0718 e. The third-order valence-corrected chi connectivity index (χ3v) is 79.2. The first-order valence-electron chi connectivity index (χ1n) is 6.81. The van der Waals surface area contributed by atoms with Gasteiger partial charge in [0.2, 0.25) is 0 Å². The molecule has 0 bridgehead atoms. The van der Waals surface area contributed by atoms with Crippen molar-refractivity contribution in [3.8, 4) is 0 Å². The Kier molecular flexibility index (Phi) is 5.12. The van der Waals surface area contributed by atoms with E-state index < -0.39 is 29.4 Å². The van der Waals surface area contributed by atoms with E-state index in [4.69, 9.17) is 0 Å². The molecule has 0 saturated heterocycles. The Labute approximate surface area is 108 Å². The quantitative estimate of drug-likeness (QED) is 0.618. The highest BCUT2D eigenvalue weighted by Gasteiger charge is 2.60. The van der Waals surface area contributed by atoms with Crippen molar-refractivity contribution in [1.29, 1.82) is 0 Å². The fourth-order valence-electron chi connectivity index (χ4n) is 4.88. The summed E-state index contributed by atoms with van der Waals surface area (Å²) in [5.74, 6) is 0. The molecule has 4 heteroatoms. The molecule has 0 aliphatic carbocycles. The first-order chi connectivity index (χ1) is 6.81. The summed E-state index contributed by atoms with van der Waals surface area (Å²) in [6, 6.07) is 1.63. The summed E-state index contributed by atoms with van der Waals surface area (Å²) in [6.45, 7) is 25.6. The van der Waals surface area contributed by atoms with E-state index >= 15 is 0 Å². The third-order valence-electron chi connectivity index (χ3n) is 4.47. The van der Waals surface area contributed by atoms with Crippen molar-refractivity contribution in [2.45, 2.75) is 78.3 Å². The first kappa shape index (κ1) is 16.9. The van der Waals surface area contributed by atoms with Crippen LogP contribution in [0.25, 0.3) is 0 Å². The Hall–Kier alpha value is 0.868. The molecule has 0 atom stereocenters. The molecule has 0 aromatic rings. The zero-order valence-corrected chi connectivity index (χ0v) is 17.4. The molecule has 0 heterocycles. The van der Waals surface area contributed by atoms with Crippen LogP contribution in [-0.4, -0.2) is 29.4 Å². The van der Waals surface area contributed by atoms with Crippen LogP contribution < -0.4 is 0 Å². The van der Waals surface area contributed by atoms with Gasteiger partial charge in [0.1, 0.15) is 0 Å². The van der Waals surface area contributed by atoms with Gasteiger partial charge in [0.05, 0.1) is 0 Å². The van der Waals surface area contributed by atoms with Gasteiger partial charge in [0.15, 0.2) is 0 Å². The van der Waals surface area contributed by atoms with Gasteiger partial charge < -0.3 is 0 Å². The summed E-state index contributed by atoms with van der Waals surface area (Å²) < 4.78 is 0. The van der Waals surface area contributed by atoms with Crippen molar-refractivity contribution in [3.05, 3.63) is 0 Å². The standard InChI is InChI=1S/C12H34Si4/c1-11-12-16(13(2,3)4,14(5,6)7)15(8,9)10/h11-12H2,1-10H3. The predicted molar refractivity (Wildman–Crippen MR) is 90.9 cm³/mol. The van der Waals surface area contributed by atoms with E-state index in [1.54, 1.807) is 6.04 Å². The van der Waals surface area contributed by atoms with Crippen molar-refractivity contribution in [1.82, 2.24) is 0 Å². The summed E-state index contributed by atoms with van der Waals surface area (Å²) >= 11 is 0.